The van der Waals surface area contributed by atoms with Gasteiger partial charge < -0.3 is 29.4 Å². The van der Waals surface area contributed by atoms with Crippen LogP contribution in [0.4, 0.5) is 0 Å². The van der Waals surface area contributed by atoms with E-state index >= 15 is 0 Å². The molecule has 0 saturated heterocycles. The van der Waals surface area contributed by atoms with Crippen molar-refractivity contribution >= 4 is 45.2 Å². The zero-order valence-electron chi connectivity index (χ0n) is 5.39. The van der Waals surface area contributed by atoms with Crippen molar-refractivity contribution in [3.8, 4) is 0 Å². The van der Waals surface area contributed by atoms with E-state index in [0.29, 0.717) is 0 Å². The molecule has 0 aromatic heterocycles. The average molecular weight is 221 g/mol. The minimum absolute atomic E-state index is 0. The van der Waals surface area contributed by atoms with E-state index in [-0.39, 0.29) is 31.0 Å². The normalized spacial score (nSPS) is 10.7. The van der Waals surface area contributed by atoms with E-state index in [4.69, 9.17) is 38.5 Å². The fourth-order valence-corrected chi connectivity index (χ4v) is 0. The van der Waals surface area contributed by atoms with E-state index in [1.165, 1.54) is 0 Å². The third-order valence-corrected chi connectivity index (χ3v) is 0. The van der Waals surface area contributed by atoms with Gasteiger partial charge in [-0.05, 0) is 0 Å². The van der Waals surface area contributed by atoms with Crippen molar-refractivity contribution in [2.75, 3.05) is 0 Å². The van der Waals surface area contributed by atoms with Crippen LogP contribution in [0.25, 0.3) is 0 Å². The number of hydrogen-bond acceptors (Lipinski definition) is 2. The molecule has 6 N–H and O–H groups in total. The van der Waals surface area contributed by atoms with Crippen LogP contribution in [0, 0.1) is 0 Å². The van der Waals surface area contributed by atoms with Crippen LogP contribution in [0.1, 0.15) is 1.43 Å². The average Bonchev–Trinajstić information content (AvgIpc) is 1.12. The van der Waals surface area contributed by atoms with Gasteiger partial charge in [0.25, 0.3) is 0 Å². The molecule has 0 fully saturated rings. The Morgan fingerprint density at radius 3 is 0.727 bits per heavy atom. The summed E-state index contributed by atoms with van der Waals surface area (Å²) in [7, 11) is -9.28. The Kier molecular flexibility index (Phi) is 11.0. The molecule has 0 aromatic carbocycles. The number of rotatable bonds is 0. The Bertz CT molecular complexity index is 129. The maximum absolute atomic E-state index is 8.88. The molecule has 0 radical (unpaired) electrons. The second-order valence-corrected chi connectivity index (χ2v) is 3.08. The molecule has 0 saturated carbocycles. The van der Waals surface area contributed by atoms with Crippen LogP contribution >= 0.6 is 15.6 Å². The van der Waals surface area contributed by atoms with Gasteiger partial charge in [-0.3, -0.25) is 0 Å². The molecule has 0 spiro atoms. The topological polar surface area (TPSA) is 156 Å². The third-order valence-electron chi connectivity index (χ3n) is 0. The Balaban J connectivity index is -0.0000000457. The molecule has 0 unspecified atom stereocenters. The summed E-state index contributed by atoms with van der Waals surface area (Å²) in [5, 5.41) is 0. The van der Waals surface area contributed by atoms with Gasteiger partial charge in [-0.25, -0.2) is 9.13 Å². The summed E-state index contributed by atoms with van der Waals surface area (Å²) in [5.74, 6) is 0. The molecule has 66 valence electrons. The van der Waals surface area contributed by atoms with Gasteiger partial charge in [-0.2, -0.15) is 0 Å². The standard InChI is InChI=1S/Na.2H3O4P.H/c;2*1-5(2,3)4;/h;2*(H3,1,2,3,4);/p+1. The summed E-state index contributed by atoms with van der Waals surface area (Å²) < 4.78 is 17.8. The van der Waals surface area contributed by atoms with Crippen molar-refractivity contribution in [3.05, 3.63) is 0 Å². The molecule has 0 aliphatic carbocycles. The summed E-state index contributed by atoms with van der Waals surface area (Å²) >= 11 is 0. The summed E-state index contributed by atoms with van der Waals surface area (Å²) in [6, 6.07) is 0. The van der Waals surface area contributed by atoms with Crippen molar-refractivity contribution in [1.82, 2.24) is 0 Å². The molecule has 0 aromatic rings. The minimum atomic E-state index is -4.64. The van der Waals surface area contributed by atoms with E-state index in [1.54, 1.807) is 0 Å². The SMILES string of the molecule is O=P(O)(O)O.O=P(O)(O)O.[H+].[NaH]. The first kappa shape index (κ1) is 18.1. The Hall–Kier alpha value is 1.22. The van der Waals surface area contributed by atoms with Crippen molar-refractivity contribution < 1.29 is 39.9 Å². The molecular weight excluding hydrogens is 213 g/mol. The van der Waals surface area contributed by atoms with Gasteiger partial charge >= 0.3 is 46.6 Å². The van der Waals surface area contributed by atoms with Crippen LogP contribution in [-0.4, -0.2) is 58.9 Å². The summed E-state index contributed by atoms with van der Waals surface area (Å²) in [4.78, 5) is 43.1. The molecular formula is H8NaO8P2+. The fourth-order valence-electron chi connectivity index (χ4n) is 0. The van der Waals surface area contributed by atoms with Crippen molar-refractivity contribution in [2.24, 2.45) is 0 Å². The molecule has 0 rings (SSSR count). The van der Waals surface area contributed by atoms with Crippen molar-refractivity contribution in [2.45, 2.75) is 0 Å². The molecule has 0 atom stereocenters. The van der Waals surface area contributed by atoms with Crippen LogP contribution < -0.4 is 0 Å². The van der Waals surface area contributed by atoms with Crippen LogP contribution in [0.5, 0.6) is 0 Å². The molecule has 11 heteroatoms. The second-order valence-electron chi connectivity index (χ2n) is 1.03. The van der Waals surface area contributed by atoms with E-state index in [9.17, 15) is 0 Å². The quantitative estimate of drug-likeness (QED) is 0.195. The first-order valence-corrected chi connectivity index (χ1v) is 4.70. The van der Waals surface area contributed by atoms with Gasteiger partial charge in [0.05, 0.1) is 0 Å². The van der Waals surface area contributed by atoms with Crippen LogP contribution in [0.15, 0.2) is 0 Å². The molecule has 0 heterocycles. The third kappa shape index (κ3) is 641. The molecule has 8 nitrogen and oxygen atoms in total. The van der Waals surface area contributed by atoms with Crippen LogP contribution in [-0.2, 0) is 9.13 Å². The van der Waals surface area contributed by atoms with Gasteiger partial charge in [0.2, 0.25) is 0 Å². The van der Waals surface area contributed by atoms with Gasteiger partial charge in [0.15, 0.2) is 0 Å². The van der Waals surface area contributed by atoms with Crippen molar-refractivity contribution in [1.29, 1.82) is 0 Å². The molecule has 0 aliphatic heterocycles. The molecule has 11 heavy (non-hydrogen) atoms. The van der Waals surface area contributed by atoms with Crippen LogP contribution in [0.3, 0.4) is 0 Å². The van der Waals surface area contributed by atoms with Gasteiger partial charge in [0, 0.05) is 0 Å². The van der Waals surface area contributed by atoms with E-state index < -0.39 is 15.6 Å². The Morgan fingerprint density at radius 2 is 0.727 bits per heavy atom. The summed E-state index contributed by atoms with van der Waals surface area (Å²) in [6.45, 7) is 0. The van der Waals surface area contributed by atoms with Gasteiger partial charge in [-0.1, -0.05) is 0 Å². The first-order valence-electron chi connectivity index (χ1n) is 1.57. The van der Waals surface area contributed by atoms with Gasteiger partial charge in [0.1, 0.15) is 0 Å². The van der Waals surface area contributed by atoms with E-state index in [0.717, 1.165) is 0 Å². The Labute approximate surface area is 85.1 Å². The second kappa shape index (κ2) is 6.71. The fraction of sp³-hybridized carbons (Fsp3) is 0. The zero-order valence-corrected chi connectivity index (χ0v) is 6.18. The molecule has 0 aliphatic rings. The van der Waals surface area contributed by atoms with E-state index in [2.05, 4.69) is 0 Å². The van der Waals surface area contributed by atoms with E-state index in [1.807, 2.05) is 0 Å². The zero-order chi connectivity index (χ0) is 9.00. The predicted octanol–water partition coefficient (Wildman–Crippen LogP) is -2.39. The number of hydrogen-bond donors (Lipinski definition) is 6. The van der Waals surface area contributed by atoms with Crippen molar-refractivity contribution in [3.63, 3.8) is 0 Å². The monoisotopic (exact) mass is 221 g/mol. The predicted molar refractivity (Wildman–Crippen MR) is 36.8 cm³/mol. The Morgan fingerprint density at radius 1 is 0.727 bits per heavy atom. The summed E-state index contributed by atoms with van der Waals surface area (Å²) in [5.41, 5.74) is 0. The first-order chi connectivity index (χ1) is 4.00. The summed E-state index contributed by atoms with van der Waals surface area (Å²) in [6.07, 6.45) is 0. The number of phosphoric acid groups is 2. The maximum atomic E-state index is 8.88. The molecule has 0 bridgehead atoms. The van der Waals surface area contributed by atoms with Crippen LogP contribution in [0.2, 0.25) is 0 Å². The molecule has 0 amide bonds. The van der Waals surface area contributed by atoms with Gasteiger partial charge in [-0.15, -0.1) is 0 Å².